The number of amides is 3. The second-order valence-corrected chi connectivity index (χ2v) is 8.08. The average molecular weight is 398 g/mol. The number of carbonyl (C=O) groups excluding carboxylic acids is 2. The van der Waals surface area contributed by atoms with Crippen molar-refractivity contribution >= 4 is 45.8 Å². The van der Waals surface area contributed by atoms with Gasteiger partial charge in [-0.2, -0.15) is 0 Å². The van der Waals surface area contributed by atoms with Gasteiger partial charge in [0, 0.05) is 16.9 Å². The minimum absolute atomic E-state index is 0.0427. The number of nitrogens with zero attached hydrogens (tertiary/aromatic N) is 3. The Kier molecular flexibility index (Phi) is 5.43. The van der Waals surface area contributed by atoms with E-state index >= 15 is 0 Å². The molecule has 1 saturated carbocycles. The molecule has 2 aromatic heterocycles. The Labute approximate surface area is 166 Å². The van der Waals surface area contributed by atoms with Crippen LogP contribution in [0.3, 0.4) is 0 Å². The third-order valence-electron chi connectivity index (χ3n) is 5.12. The molecule has 146 valence electrons. The molecule has 0 radical (unpaired) electrons. The Morgan fingerprint density at radius 2 is 2.04 bits per heavy atom. The third kappa shape index (κ3) is 4.09. The number of hydrogen-bond donors (Lipinski definition) is 3. The molecule has 9 heteroatoms. The highest BCUT2D eigenvalue weighted by atomic mass is 32.2. The van der Waals surface area contributed by atoms with Crippen molar-refractivity contribution < 1.29 is 9.59 Å². The number of fused-ring (bicyclic) bond motifs is 3. The van der Waals surface area contributed by atoms with Crippen LogP contribution in [0.2, 0.25) is 0 Å². The van der Waals surface area contributed by atoms with E-state index in [4.69, 9.17) is 0 Å². The lowest BCUT2D eigenvalue weighted by Crippen LogP contribution is -2.48. The molecule has 4 rings (SSSR count). The summed E-state index contributed by atoms with van der Waals surface area (Å²) in [6.45, 7) is 2.13. The van der Waals surface area contributed by atoms with Gasteiger partial charge in [0.1, 0.15) is 5.52 Å². The van der Waals surface area contributed by atoms with E-state index < -0.39 is 6.03 Å². The number of hydrogen-bond acceptors (Lipinski definition) is 6. The molecule has 3 aromatic rings. The fourth-order valence-electron chi connectivity index (χ4n) is 3.59. The first kappa shape index (κ1) is 18.7. The topological polar surface area (TPSA) is 113 Å². The zero-order chi connectivity index (χ0) is 19.5. The first-order valence-electron chi connectivity index (χ1n) is 9.44. The fraction of sp³-hybridized carbons (Fsp3) is 0.421. The Bertz CT molecular complexity index is 1020. The number of para-hydroxylation sites is 1. The van der Waals surface area contributed by atoms with Gasteiger partial charge in [0.05, 0.1) is 5.75 Å². The van der Waals surface area contributed by atoms with Crippen molar-refractivity contribution in [1.82, 2.24) is 30.8 Å². The van der Waals surface area contributed by atoms with E-state index in [0.717, 1.165) is 41.9 Å². The molecule has 0 aliphatic heterocycles. The van der Waals surface area contributed by atoms with Gasteiger partial charge in [0.25, 0.3) is 0 Å². The van der Waals surface area contributed by atoms with E-state index in [0.29, 0.717) is 22.2 Å². The van der Waals surface area contributed by atoms with Crippen molar-refractivity contribution in [3.05, 3.63) is 24.3 Å². The summed E-state index contributed by atoms with van der Waals surface area (Å²) in [5, 5.41) is 14.9. The van der Waals surface area contributed by atoms with Crippen molar-refractivity contribution in [3.63, 3.8) is 0 Å². The number of nitrogens with one attached hydrogen (secondary N) is 3. The molecule has 0 saturated heterocycles. The van der Waals surface area contributed by atoms with Crippen molar-refractivity contribution in [2.45, 2.75) is 43.8 Å². The third-order valence-corrected chi connectivity index (χ3v) is 5.95. The van der Waals surface area contributed by atoms with Crippen molar-refractivity contribution in [1.29, 1.82) is 0 Å². The van der Waals surface area contributed by atoms with Gasteiger partial charge in [-0.3, -0.25) is 10.1 Å². The number of carbonyl (C=O) groups is 2. The summed E-state index contributed by atoms with van der Waals surface area (Å²) < 4.78 is 0. The summed E-state index contributed by atoms with van der Waals surface area (Å²) >= 11 is 1.15. The predicted octanol–water partition coefficient (Wildman–Crippen LogP) is 3.00. The minimum atomic E-state index is -0.436. The largest absolute Gasteiger partial charge is 0.338 e. The lowest BCUT2D eigenvalue weighted by molar-refractivity contribution is -0.117. The number of rotatable bonds is 4. The van der Waals surface area contributed by atoms with Gasteiger partial charge >= 0.3 is 6.03 Å². The lowest BCUT2D eigenvalue weighted by atomic mass is 9.86. The summed E-state index contributed by atoms with van der Waals surface area (Å²) in [6.07, 6.45) is 4.38. The SMILES string of the molecule is C[C@@H]1CCCC[C@@H]1NC(=O)NC(=O)CSc1nnc2c(n1)[nH]c1ccccc12. The zero-order valence-corrected chi connectivity index (χ0v) is 16.4. The molecule has 1 aromatic carbocycles. The molecule has 2 heterocycles. The Morgan fingerprint density at radius 1 is 1.21 bits per heavy atom. The van der Waals surface area contributed by atoms with Gasteiger partial charge in [0.2, 0.25) is 11.1 Å². The molecule has 0 spiro atoms. The standard InChI is InChI=1S/C19H22N6O2S/c1-11-6-2-4-8-13(11)21-18(27)22-15(26)10-28-19-23-17-16(24-25-19)12-7-3-5-9-14(12)20-17/h3,5,7,9,11,13H,2,4,6,8,10H2,1H3,(H,20,23,25)(H2,21,22,26,27)/t11-,13+/m1/s1. The van der Waals surface area contributed by atoms with Crippen molar-refractivity contribution in [2.75, 3.05) is 5.75 Å². The molecule has 3 N–H and O–H groups in total. The van der Waals surface area contributed by atoms with Crippen LogP contribution in [0.5, 0.6) is 0 Å². The maximum absolute atomic E-state index is 12.1. The number of imide groups is 1. The van der Waals surface area contributed by atoms with E-state index in [2.05, 4.69) is 37.7 Å². The van der Waals surface area contributed by atoms with E-state index in [1.165, 1.54) is 6.42 Å². The molecule has 0 bridgehead atoms. The number of aromatic nitrogens is 4. The molecule has 1 fully saturated rings. The summed E-state index contributed by atoms with van der Waals surface area (Å²) in [4.78, 5) is 31.7. The molecule has 1 aliphatic rings. The number of benzene rings is 1. The van der Waals surface area contributed by atoms with Crippen LogP contribution in [-0.4, -0.2) is 43.9 Å². The van der Waals surface area contributed by atoms with E-state index in [1.54, 1.807) is 0 Å². The Balaban J connectivity index is 1.32. The predicted molar refractivity (Wildman–Crippen MR) is 108 cm³/mol. The van der Waals surface area contributed by atoms with Gasteiger partial charge in [-0.1, -0.05) is 49.7 Å². The van der Waals surface area contributed by atoms with Crippen LogP contribution in [-0.2, 0) is 4.79 Å². The van der Waals surface area contributed by atoms with Crippen LogP contribution >= 0.6 is 11.8 Å². The van der Waals surface area contributed by atoms with Gasteiger partial charge in [0.15, 0.2) is 5.65 Å². The summed E-state index contributed by atoms with van der Waals surface area (Å²) in [6, 6.07) is 7.47. The van der Waals surface area contributed by atoms with Crippen LogP contribution in [0.25, 0.3) is 22.1 Å². The monoisotopic (exact) mass is 398 g/mol. The minimum Gasteiger partial charge on any atom is -0.338 e. The van der Waals surface area contributed by atoms with E-state index in [-0.39, 0.29) is 17.7 Å². The van der Waals surface area contributed by atoms with E-state index in [9.17, 15) is 9.59 Å². The second kappa shape index (κ2) is 8.14. The van der Waals surface area contributed by atoms with Gasteiger partial charge in [-0.25, -0.2) is 9.78 Å². The molecule has 0 unspecified atom stereocenters. The summed E-state index contributed by atoms with van der Waals surface area (Å²) in [5.41, 5.74) is 2.27. The number of urea groups is 1. The molecule has 2 atom stereocenters. The highest BCUT2D eigenvalue weighted by Gasteiger charge is 2.23. The van der Waals surface area contributed by atoms with Gasteiger partial charge in [-0.05, 0) is 24.8 Å². The molecule has 28 heavy (non-hydrogen) atoms. The van der Waals surface area contributed by atoms with Crippen molar-refractivity contribution in [3.8, 4) is 0 Å². The fourth-order valence-corrected chi connectivity index (χ4v) is 4.18. The normalized spacial score (nSPS) is 19.6. The highest BCUT2D eigenvalue weighted by Crippen LogP contribution is 2.24. The maximum Gasteiger partial charge on any atom is 0.321 e. The van der Waals surface area contributed by atoms with Gasteiger partial charge < -0.3 is 10.3 Å². The number of thioether (sulfide) groups is 1. The summed E-state index contributed by atoms with van der Waals surface area (Å²) in [5.74, 6) is 0.0962. The summed E-state index contributed by atoms with van der Waals surface area (Å²) in [7, 11) is 0. The Morgan fingerprint density at radius 3 is 2.89 bits per heavy atom. The smallest absolute Gasteiger partial charge is 0.321 e. The first-order chi connectivity index (χ1) is 13.6. The second-order valence-electron chi connectivity index (χ2n) is 7.14. The van der Waals surface area contributed by atoms with Crippen LogP contribution in [0.4, 0.5) is 4.79 Å². The quantitative estimate of drug-likeness (QED) is 0.582. The van der Waals surface area contributed by atoms with Crippen LogP contribution in [0, 0.1) is 5.92 Å². The number of H-pyrrole nitrogens is 1. The van der Waals surface area contributed by atoms with Crippen LogP contribution < -0.4 is 10.6 Å². The zero-order valence-electron chi connectivity index (χ0n) is 15.6. The molecular formula is C19H22N6O2S. The van der Waals surface area contributed by atoms with Gasteiger partial charge in [-0.15, -0.1) is 10.2 Å². The lowest BCUT2D eigenvalue weighted by Gasteiger charge is -2.29. The average Bonchev–Trinajstić information content (AvgIpc) is 3.06. The molecular weight excluding hydrogens is 376 g/mol. The van der Waals surface area contributed by atoms with E-state index in [1.807, 2.05) is 24.3 Å². The highest BCUT2D eigenvalue weighted by molar-refractivity contribution is 7.99. The molecule has 3 amide bonds. The van der Waals surface area contributed by atoms with Crippen LogP contribution in [0.15, 0.2) is 29.4 Å². The van der Waals surface area contributed by atoms with Crippen molar-refractivity contribution in [2.24, 2.45) is 5.92 Å². The molecule has 1 aliphatic carbocycles. The van der Waals surface area contributed by atoms with Crippen LogP contribution in [0.1, 0.15) is 32.6 Å². The number of aromatic amines is 1. The Hall–Kier alpha value is -2.68. The molecule has 8 nitrogen and oxygen atoms in total. The maximum atomic E-state index is 12.1. The first-order valence-corrected chi connectivity index (χ1v) is 10.4.